The normalized spacial score (nSPS) is 19.8. The summed E-state index contributed by atoms with van der Waals surface area (Å²) in [5.41, 5.74) is 8.05. The van der Waals surface area contributed by atoms with E-state index in [9.17, 15) is 4.79 Å². The number of hydrogen-bond donors (Lipinski definition) is 2. The quantitative estimate of drug-likeness (QED) is 0.898. The molecule has 0 aliphatic heterocycles. The molecule has 92 valence electrons. The Morgan fingerprint density at radius 1 is 1.65 bits per heavy atom. The molecule has 1 amide bonds. The van der Waals surface area contributed by atoms with Gasteiger partial charge in [0, 0.05) is 16.9 Å². The molecule has 2 rings (SSSR count). The lowest BCUT2D eigenvalue weighted by molar-refractivity contribution is -0.124. The third-order valence-corrected chi connectivity index (χ3v) is 4.07. The van der Waals surface area contributed by atoms with E-state index >= 15 is 0 Å². The van der Waals surface area contributed by atoms with E-state index in [1.807, 2.05) is 19.1 Å². The molecule has 3 nitrogen and oxygen atoms in total. The van der Waals surface area contributed by atoms with Gasteiger partial charge in [-0.05, 0) is 30.0 Å². The van der Waals surface area contributed by atoms with Gasteiger partial charge < -0.3 is 11.1 Å². The van der Waals surface area contributed by atoms with Gasteiger partial charge in [-0.3, -0.25) is 4.79 Å². The van der Waals surface area contributed by atoms with E-state index in [0.717, 1.165) is 17.3 Å². The Labute approximate surface area is 110 Å². The first-order valence-corrected chi connectivity index (χ1v) is 6.70. The zero-order chi connectivity index (χ0) is 12.4. The summed E-state index contributed by atoms with van der Waals surface area (Å²) in [6, 6.07) is 6.29. The zero-order valence-corrected chi connectivity index (χ0v) is 11.5. The molecule has 4 heteroatoms. The number of fused-ring (bicyclic) bond motifs is 1. The summed E-state index contributed by atoms with van der Waals surface area (Å²) in [7, 11) is 0. The molecule has 2 atom stereocenters. The predicted molar refractivity (Wildman–Crippen MR) is 71.6 cm³/mol. The highest BCUT2D eigenvalue weighted by molar-refractivity contribution is 9.10. The molecule has 0 heterocycles. The second-order valence-electron chi connectivity index (χ2n) is 4.54. The maximum atomic E-state index is 11.8. The molecule has 1 aromatic carbocycles. The monoisotopic (exact) mass is 296 g/mol. The first-order chi connectivity index (χ1) is 8.13. The van der Waals surface area contributed by atoms with Gasteiger partial charge in [-0.1, -0.05) is 35.0 Å². The Bertz CT molecular complexity index is 433. The highest BCUT2D eigenvalue weighted by Gasteiger charge is 2.26. The van der Waals surface area contributed by atoms with Crippen molar-refractivity contribution in [3.8, 4) is 0 Å². The number of amides is 1. The molecule has 2 unspecified atom stereocenters. The van der Waals surface area contributed by atoms with Crippen molar-refractivity contribution in [2.45, 2.75) is 25.8 Å². The average molecular weight is 297 g/mol. The van der Waals surface area contributed by atoms with Gasteiger partial charge in [-0.15, -0.1) is 0 Å². The van der Waals surface area contributed by atoms with Crippen molar-refractivity contribution < 1.29 is 4.79 Å². The van der Waals surface area contributed by atoms with E-state index in [1.165, 1.54) is 11.1 Å². The maximum absolute atomic E-state index is 11.8. The van der Waals surface area contributed by atoms with Crippen LogP contribution in [-0.4, -0.2) is 12.5 Å². The van der Waals surface area contributed by atoms with E-state index < -0.39 is 0 Å². The fourth-order valence-electron chi connectivity index (χ4n) is 2.18. The summed E-state index contributed by atoms with van der Waals surface area (Å²) in [6.07, 6.45) is 1.99. The number of hydrogen-bond acceptors (Lipinski definition) is 2. The van der Waals surface area contributed by atoms with Crippen molar-refractivity contribution in [1.29, 1.82) is 0 Å². The number of benzene rings is 1. The summed E-state index contributed by atoms with van der Waals surface area (Å²) in [5.74, 6) is -0.0727. The van der Waals surface area contributed by atoms with Gasteiger partial charge in [-0.25, -0.2) is 0 Å². The van der Waals surface area contributed by atoms with Gasteiger partial charge >= 0.3 is 0 Å². The second-order valence-corrected chi connectivity index (χ2v) is 5.40. The van der Waals surface area contributed by atoms with E-state index in [1.54, 1.807) is 0 Å². The molecule has 0 saturated carbocycles. The number of rotatable bonds is 3. The van der Waals surface area contributed by atoms with Gasteiger partial charge in [-0.2, -0.15) is 0 Å². The summed E-state index contributed by atoms with van der Waals surface area (Å²) >= 11 is 3.55. The molecule has 1 aromatic rings. The second kappa shape index (κ2) is 5.19. The van der Waals surface area contributed by atoms with Crippen LogP contribution in [0.1, 0.15) is 30.5 Å². The zero-order valence-electron chi connectivity index (χ0n) is 9.87. The van der Waals surface area contributed by atoms with Gasteiger partial charge in [0.05, 0.1) is 6.04 Å². The van der Waals surface area contributed by atoms with Crippen molar-refractivity contribution in [2.75, 3.05) is 6.54 Å². The topological polar surface area (TPSA) is 55.1 Å². The first kappa shape index (κ1) is 12.6. The minimum absolute atomic E-state index is 0.0466. The lowest BCUT2D eigenvalue weighted by Gasteiger charge is -2.17. The SMILES string of the molecule is CC(CN)C(=O)NC1CCc2c(Br)cccc21. The molecular formula is C13H17BrN2O. The highest BCUT2D eigenvalue weighted by Crippen LogP contribution is 2.35. The highest BCUT2D eigenvalue weighted by atomic mass is 79.9. The smallest absolute Gasteiger partial charge is 0.224 e. The Balaban J connectivity index is 2.12. The fourth-order valence-corrected chi connectivity index (χ4v) is 2.76. The summed E-state index contributed by atoms with van der Waals surface area (Å²) in [5, 5.41) is 3.07. The van der Waals surface area contributed by atoms with Gasteiger partial charge in [0.2, 0.25) is 5.91 Å². The third-order valence-electron chi connectivity index (χ3n) is 3.33. The Hall–Kier alpha value is -0.870. The summed E-state index contributed by atoms with van der Waals surface area (Å²) in [6.45, 7) is 2.25. The van der Waals surface area contributed by atoms with Crippen molar-refractivity contribution in [3.63, 3.8) is 0 Å². The first-order valence-electron chi connectivity index (χ1n) is 5.91. The van der Waals surface area contributed by atoms with Gasteiger partial charge in [0.25, 0.3) is 0 Å². The number of carbonyl (C=O) groups is 1. The minimum Gasteiger partial charge on any atom is -0.349 e. The third kappa shape index (κ3) is 2.53. The number of carbonyl (C=O) groups excluding carboxylic acids is 1. The molecule has 3 N–H and O–H groups in total. The van der Waals surface area contributed by atoms with Gasteiger partial charge in [0.1, 0.15) is 0 Å². The summed E-state index contributed by atoms with van der Waals surface area (Å²) < 4.78 is 1.14. The number of nitrogens with one attached hydrogen (secondary N) is 1. The van der Waals surface area contributed by atoms with Crippen LogP contribution in [0.4, 0.5) is 0 Å². The van der Waals surface area contributed by atoms with E-state index in [0.29, 0.717) is 6.54 Å². The maximum Gasteiger partial charge on any atom is 0.224 e. The van der Waals surface area contributed by atoms with Crippen LogP contribution in [0.5, 0.6) is 0 Å². The Morgan fingerprint density at radius 3 is 3.12 bits per heavy atom. The Morgan fingerprint density at radius 2 is 2.41 bits per heavy atom. The number of nitrogens with two attached hydrogens (primary N) is 1. The van der Waals surface area contributed by atoms with Crippen LogP contribution in [0.25, 0.3) is 0 Å². The lowest BCUT2D eigenvalue weighted by Crippen LogP contribution is -2.35. The van der Waals surface area contributed by atoms with Crippen molar-refractivity contribution in [3.05, 3.63) is 33.8 Å². The molecule has 0 saturated heterocycles. The predicted octanol–water partition coefficient (Wildman–Crippen LogP) is 2.15. The molecular weight excluding hydrogens is 280 g/mol. The van der Waals surface area contributed by atoms with Crippen LogP contribution in [0.15, 0.2) is 22.7 Å². The molecule has 0 bridgehead atoms. The standard InChI is InChI=1S/C13H17BrN2O/c1-8(7-15)13(17)16-12-6-5-9-10(12)3-2-4-11(9)14/h2-4,8,12H,5-7,15H2,1H3,(H,16,17). The van der Waals surface area contributed by atoms with Crippen LogP contribution >= 0.6 is 15.9 Å². The number of halogens is 1. The molecule has 0 fully saturated rings. The molecule has 0 aromatic heterocycles. The summed E-state index contributed by atoms with van der Waals surface area (Å²) in [4.78, 5) is 11.8. The van der Waals surface area contributed by atoms with Crippen LogP contribution in [0.2, 0.25) is 0 Å². The molecule has 1 aliphatic rings. The van der Waals surface area contributed by atoms with Crippen LogP contribution in [0.3, 0.4) is 0 Å². The van der Waals surface area contributed by atoms with Crippen molar-refractivity contribution >= 4 is 21.8 Å². The minimum atomic E-state index is -0.119. The lowest BCUT2D eigenvalue weighted by atomic mass is 10.1. The van der Waals surface area contributed by atoms with Crippen LogP contribution in [0, 0.1) is 5.92 Å². The van der Waals surface area contributed by atoms with Crippen molar-refractivity contribution in [1.82, 2.24) is 5.32 Å². The fraction of sp³-hybridized carbons (Fsp3) is 0.462. The molecule has 0 spiro atoms. The largest absolute Gasteiger partial charge is 0.349 e. The van der Waals surface area contributed by atoms with Crippen LogP contribution in [-0.2, 0) is 11.2 Å². The van der Waals surface area contributed by atoms with E-state index in [2.05, 4.69) is 27.3 Å². The van der Waals surface area contributed by atoms with Crippen LogP contribution < -0.4 is 11.1 Å². The molecule has 0 radical (unpaired) electrons. The van der Waals surface area contributed by atoms with E-state index in [-0.39, 0.29) is 17.9 Å². The average Bonchev–Trinajstić information content (AvgIpc) is 2.73. The van der Waals surface area contributed by atoms with E-state index in [4.69, 9.17) is 5.73 Å². The molecule has 17 heavy (non-hydrogen) atoms. The van der Waals surface area contributed by atoms with Gasteiger partial charge in [0.15, 0.2) is 0 Å². The Kier molecular flexibility index (Phi) is 3.84. The van der Waals surface area contributed by atoms with Crippen molar-refractivity contribution in [2.24, 2.45) is 11.7 Å². The molecule has 1 aliphatic carbocycles.